The number of halogens is 1. The number of benzene rings is 3. The van der Waals surface area contributed by atoms with Gasteiger partial charge in [0.05, 0.1) is 39.3 Å². The summed E-state index contributed by atoms with van der Waals surface area (Å²) in [5.74, 6) is -2.47. The Kier molecular flexibility index (Phi) is 6.56. The smallest absolute Gasteiger partial charge is 0.310 e. The van der Waals surface area contributed by atoms with Gasteiger partial charge in [0.25, 0.3) is 11.8 Å². The number of amides is 2. The van der Waals surface area contributed by atoms with Gasteiger partial charge in [0.2, 0.25) is 12.5 Å². The van der Waals surface area contributed by atoms with Crippen LogP contribution in [0.2, 0.25) is 0 Å². The van der Waals surface area contributed by atoms with Gasteiger partial charge in [-0.3, -0.25) is 19.3 Å². The molecule has 226 valence electrons. The molecule has 3 aliphatic heterocycles. The highest BCUT2D eigenvalue weighted by atomic mass is 19.1. The minimum Gasteiger partial charge on any atom is -0.502 e. The fraction of sp³-hybridized carbons (Fsp3) is 0.281. The molecule has 3 aromatic carbocycles. The predicted molar refractivity (Wildman–Crippen MR) is 149 cm³/mol. The number of rotatable bonds is 7. The van der Waals surface area contributed by atoms with Crippen LogP contribution in [-0.2, 0) is 25.7 Å². The topological polar surface area (TPSA) is 133 Å². The third-order valence-corrected chi connectivity index (χ3v) is 8.62. The number of imide groups is 1. The predicted octanol–water partition coefficient (Wildman–Crippen LogP) is 3.30. The molecule has 2 N–H and O–H groups in total. The van der Waals surface area contributed by atoms with Gasteiger partial charge in [0.1, 0.15) is 11.5 Å². The Morgan fingerprint density at radius 2 is 1.61 bits per heavy atom. The number of ether oxygens (including phenoxy) is 5. The third-order valence-electron chi connectivity index (χ3n) is 8.62. The maximum Gasteiger partial charge on any atom is 0.310 e. The van der Waals surface area contributed by atoms with Crippen LogP contribution >= 0.6 is 0 Å². The van der Waals surface area contributed by atoms with E-state index in [1.165, 1.54) is 44.6 Å². The monoisotopic (exact) mass is 602 g/mol. The Labute approximate surface area is 250 Å². The van der Waals surface area contributed by atoms with E-state index in [4.69, 9.17) is 23.7 Å². The van der Waals surface area contributed by atoms with Crippen LogP contribution in [-0.4, -0.2) is 55.4 Å². The van der Waals surface area contributed by atoms with E-state index in [0.29, 0.717) is 28.2 Å². The summed E-state index contributed by atoms with van der Waals surface area (Å²) in [5.41, 5.74) is 2.73. The fourth-order valence-electron chi connectivity index (χ4n) is 6.54. The number of methoxy groups -OCH3 is 2. The summed E-state index contributed by atoms with van der Waals surface area (Å²) in [7, 11) is 2.84. The van der Waals surface area contributed by atoms with Crippen molar-refractivity contribution in [2.45, 2.75) is 18.5 Å². The van der Waals surface area contributed by atoms with Gasteiger partial charge in [-0.2, -0.15) is 0 Å². The van der Waals surface area contributed by atoms with Crippen LogP contribution in [0.3, 0.4) is 0 Å². The number of phenols is 1. The lowest BCUT2D eigenvalue weighted by molar-refractivity contribution is -0.142. The molecule has 3 aromatic rings. The number of hydrogen-bond acceptors (Lipinski definition) is 10. The molecular formula is C32H27FN2O9. The van der Waals surface area contributed by atoms with Crippen LogP contribution in [0.1, 0.15) is 34.2 Å². The number of nitrogens with zero attached hydrogens (tertiary/aromatic N) is 1. The quantitative estimate of drug-likeness (QED) is 0.307. The highest BCUT2D eigenvalue weighted by Gasteiger charge is 2.53. The van der Waals surface area contributed by atoms with E-state index in [1.54, 1.807) is 12.1 Å². The zero-order chi connectivity index (χ0) is 30.7. The molecule has 1 fully saturated rings. The van der Waals surface area contributed by atoms with Crippen molar-refractivity contribution >= 4 is 17.8 Å². The number of hydrogen-bond donors (Lipinski definition) is 2. The van der Waals surface area contributed by atoms with Crippen molar-refractivity contribution in [2.24, 2.45) is 11.8 Å². The molecule has 12 heteroatoms. The lowest BCUT2D eigenvalue weighted by atomic mass is 9.65. The zero-order valence-corrected chi connectivity index (χ0v) is 23.7. The number of phenolic OH excluding ortho intramolecular Hbond substituents is 1. The Hall–Kier alpha value is -5.26. The second kappa shape index (κ2) is 10.5. The average Bonchev–Trinajstić information content (AvgIpc) is 3.71. The van der Waals surface area contributed by atoms with Crippen LogP contribution in [0.25, 0.3) is 0 Å². The molecule has 2 amide bonds. The van der Waals surface area contributed by atoms with Crippen LogP contribution in [0.5, 0.6) is 28.7 Å². The van der Waals surface area contributed by atoms with E-state index in [0.717, 1.165) is 10.5 Å². The lowest BCUT2D eigenvalue weighted by Gasteiger charge is -2.40. The van der Waals surface area contributed by atoms with Gasteiger partial charge in [-0.1, -0.05) is 12.1 Å². The molecule has 7 rings (SSSR count). The van der Waals surface area contributed by atoms with E-state index in [1.807, 2.05) is 12.1 Å². The van der Waals surface area contributed by atoms with Crippen molar-refractivity contribution in [3.63, 3.8) is 0 Å². The molecule has 0 radical (unpaired) electrons. The summed E-state index contributed by atoms with van der Waals surface area (Å²) < 4.78 is 41.2. The minimum atomic E-state index is -0.706. The SMILES string of the molecule is COc1cc([C@@H]2c3cc4c(cc3[C@@H](NC3=CC(=O)N(Cc5ccc(F)cc5)C3=O)[C@H]3COC(=O)[C@H]23)OCO4)cc(OC)c1O. The van der Waals surface area contributed by atoms with Gasteiger partial charge in [0, 0.05) is 17.9 Å². The van der Waals surface area contributed by atoms with Gasteiger partial charge in [0.15, 0.2) is 23.0 Å². The summed E-state index contributed by atoms with van der Waals surface area (Å²) in [6.07, 6.45) is 1.23. The van der Waals surface area contributed by atoms with Crippen molar-refractivity contribution in [1.82, 2.24) is 10.2 Å². The van der Waals surface area contributed by atoms with E-state index in [-0.39, 0.29) is 42.9 Å². The van der Waals surface area contributed by atoms with E-state index in [9.17, 15) is 23.9 Å². The standard InChI is InChI=1S/C32H27FN2O9/c1-40-24-7-16(8-25(41-2)30(24)37)27-18-9-22-23(44-14-43-22)10-19(18)29(20-13-42-32(39)28(20)27)34-21-11-26(36)35(31(21)38)12-15-3-5-17(33)6-4-15/h3-11,20,27-29,34,37H,12-14H2,1-2H3/t20-,27+,28-,29+/m0/s1. The largest absolute Gasteiger partial charge is 0.502 e. The molecule has 11 nitrogen and oxygen atoms in total. The fourth-order valence-corrected chi connectivity index (χ4v) is 6.54. The van der Waals surface area contributed by atoms with Gasteiger partial charge < -0.3 is 34.1 Å². The first-order valence-electron chi connectivity index (χ1n) is 13.9. The molecule has 3 heterocycles. The van der Waals surface area contributed by atoms with Crippen molar-refractivity contribution < 1.29 is 47.6 Å². The van der Waals surface area contributed by atoms with Crippen molar-refractivity contribution in [3.05, 3.63) is 88.4 Å². The minimum absolute atomic E-state index is 0.0211. The highest BCUT2D eigenvalue weighted by molar-refractivity contribution is 6.15. The first kappa shape index (κ1) is 27.6. The summed E-state index contributed by atoms with van der Waals surface area (Å²) >= 11 is 0. The van der Waals surface area contributed by atoms with Gasteiger partial charge >= 0.3 is 5.97 Å². The summed E-state index contributed by atoms with van der Waals surface area (Å²) in [6.45, 7) is 0.0552. The Morgan fingerprint density at radius 1 is 0.955 bits per heavy atom. The number of fused-ring (bicyclic) bond motifs is 3. The van der Waals surface area contributed by atoms with Crippen molar-refractivity contribution in [2.75, 3.05) is 27.6 Å². The highest BCUT2D eigenvalue weighted by Crippen LogP contribution is 2.55. The maximum absolute atomic E-state index is 13.5. The van der Waals surface area contributed by atoms with E-state index >= 15 is 0 Å². The van der Waals surface area contributed by atoms with E-state index < -0.39 is 47.4 Å². The normalized spacial score (nSPS) is 23.2. The van der Waals surface area contributed by atoms with E-state index in [2.05, 4.69) is 5.32 Å². The van der Waals surface area contributed by atoms with Crippen LogP contribution in [0, 0.1) is 17.7 Å². The molecule has 0 spiro atoms. The maximum atomic E-state index is 13.5. The molecule has 0 aromatic heterocycles. The number of carbonyl (C=O) groups is 3. The molecular weight excluding hydrogens is 575 g/mol. The Morgan fingerprint density at radius 3 is 2.27 bits per heavy atom. The molecule has 0 bridgehead atoms. The summed E-state index contributed by atoms with van der Waals surface area (Å²) in [5, 5.41) is 13.8. The molecule has 4 atom stereocenters. The number of aromatic hydroxyl groups is 1. The molecule has 0 unspecified atom stereocenters. The zero-order valence-electron chi connectivity index (χ0n) is 23.7. The Bertz CT molecular complexity index is 1710. The van der Waals surface area contributed by atoms with Crippen LogP contribution in [0.4, 0.5) is 4.39 Å². The number of carbonyl (C=O) groups excluding carboxylic acids is 3. The second-order valence-corrected chi connectivity index (χ2v) is 10.9. The van der Waals surface area contributed by atoms with Crippen LogP contribution < -0.4 is 24.3 Å². The molecule has 4 aliphatic rings. The molecule has 1 aliphatic carbocycles. The summed E-state index contributed by atoms with van der Waals surface area (Å²) in [6, 6.07) is 11.9. The lowest BCUT2D eigenvalue weighted by Crippen LogP contribution is -2.42. The van der Waals surface area contributed by atoms with Crippen LogP contribution in [0.15, 0.2) is 60.3 Å². The third kappa shape index (κ3) is 4.36. The molecule has 44 heavy (non-hydrogen) atoms. The number of cyclic esters (lactones) is 1. The molecule has 0 saturated carbocycles. The van der Waals surface area contributed by atoms with Gasteiger partial charge in [-0.25, -0.2) is 4.39 Å². The van der Waals surface area contributed by atoms with Crippen molar-refractivity contribution in [1.29, 1.82) is 0 Å². The van der Waals surface area contributed by atoms with Crippen molar-refractivity contribution in [3.8, 4) is 28.7 Å². The molecule has 1 saturated heterocycles. The Balaban J connectivity index is 1.29. The first-order chi connectivity index (χ1) is 21.3. The average molecular weight is 603 g/mol. The van der Waals surface area contributed by atoms with Gasteiger partial charge in [-0.15, -0.1) is 0 Å². The number of esters is 1. The van der Waals surface area contributed by atoms with Gasteiger partial charge in [-0.05, 0) is 58.7 Å². The number of nitrogens with one attached hydrogen (secondary N) is 1. The first-order valence-corrected chi connectivity index (χ1v) is 13.9. The second-order valence-electron chi connectivity index (χ2n) is 10.9. The summed E-state index contributed by atoms with van der Waals surface area (Å²) in [4.78, 5) is 40.9.